The molecule has 0 radical (unpaired) electrons. The minimum Gasteiger partial charge on any atom is -0.368 e. The van der Waals surface area contributed by atoms with E-state index in [0.717, 1.165) is 43.1 Å². The minimum atomic E-state index is -0.318. The average molecular weight is 483 g/mol. The third-order valence-corrected chi connectivity index (χ3v) is 6.65. The Morgan fingerprint density at radius 1 is 1.17 bits per heavy atom. The lowest BCUT2D eigenvalue weighted by Gasteiger charge is -2.40. The van der Waals surface area contributed by atoms with E-state index in [1.807, 2.05) is 36.4 Å². The molecule has 9 nitrogen and oxygen atoms in total. The third-order valence-electron chi connectivity index (χ3n) is 6.65. The number of nitriles is 1. The molecule has 1 unspecified atom stereocenters. The van der Waals surface area contributed by atoms with Gasteiger partial charge in [0.2, 0.25) is 5.91 Å². The lowest BCUT2D eigenvalue weighted by molar-refractivity contribution is -0.111. The second-order valence-electron chi connectivity index (χ2n) is 8.90. The molecule has 1 fully saturated rings. The molecule has 1 aromatic heterocycles. The van der Waals surface area contributed by atoms with E-state index in [0.29, 0.717) is 28.3 Å². The first-order chi connectivity index (χ1) is 17.4. The van der Waals surface area contributed by atoms with E-state index in [1.54, 1.807) is 32.1 Å². The van der Waals surface area contributed by atoms with Crippen LogP contribution in [0.2, 0.25) is 0 Å². The molecule has 0 aliphatic carbocycles. The van der Waals surface area contributed by atoms with Crippen LogP contribution in [0, 0.1) is 25.2 Å². The number of fused-ring (bicyclic) bond motifs is 1. The highest BCUT2D eigenvalue weighted by atomic mass is 16.5. The summed E-state index contributed by atoms with van der Waals surface area (Å²) in [5.74, 6) is 0.0104. The molecule has 0 bridgehead atoms. The summed E-state index contributed by atoms with van der Waals surface area (Å²) in [4.78, 5) is 29.3. The molecule has 9 heteroatoms. The highest BCUT2D eigenvalue weighted by Gasteiger charge is 2.28. The molecule has 0 spiro atoms. The first-order valence-corrected chi connectivity index (χ1v) is 11.8. The van der Waals surface area contributed by atoms with Crippen LogP contribution in [0.4, 0.5) is 17.1 Å². The fourth-order valence-electron chi connectivity index (χ4n) is 4.86. The summed E-state index contributed by atoms with van der Waals surface area (Å²) < 4.78 is 5.08. The van der Waals surface area contributed by atoms with Crippen molar-refractivity contribution in [2.75, 3.05) is 41.7 Å². The molecule has 5 rings (SSSR count). The maximum absolute atomic E-state index is 12.7. The largest absolute Gasteiger partial charge is 0.368 e. The van der Waals surface area contributed by atoms with Crippen molar-refractivity contribution in [1.29, 1.82) is 5.26 Å². The quantitative estimate of drug-likeness (QED) is 0.581. The zero-order valence-electron chi connectivity index (χ0n) is 20.1. The van der Waals surface area contributed by atoms with Gasteiger partial charge in [-0.05, 0) is 43.7 Å². The Morgan fingerprint density at radius 2 is 1.94 bits per heavy atom. The summed E-state index contributed by atoms with van der Waals surface area (Å²) in [5, 5.41) is 19.4. The van der Waals surface area contributed by atoms with Gasteiger partial charge < -0.3 is 20.1 Å². The van der Waals surface area contributed by atoms with Crippen molar-refractivity contribution >= 4 is 28.9 Å². The molecule has 2 aliphatic rings. The predicted molar refractivity (Wildman–Crippen MR) is 136 cm³/mol. The Kier molecular flexibility index (Phi) is 6.27. The topological polar surface area (TPSA) is 114 Å². The van der Waals surface area contributed by atoms with Crippen molar-refractivity contribution in [3.05, 3.63) is 82.8 Å². The summed E-state index contributed by atoms with van der Waals surface area (Å²) in [6.07, 6.45) is 3.55. The van der Waals surface area contributed by atoms with Crippen LogP contribution in [0.3, 0.4) is 0 Å². The van der Waals surface area contributed by atoms with Crippen LogP contribution in [0.1, 0.15) is 39.0 Å². The van der Waals surface area contributed by atoms with Crippen LogP contribution in [0.25, 0.3) is 0 Å². The summed E-state index contributed by atoms with van der Waals surface area (Å²) in [7, 11) is 0. The van der Waals surface area contributed by atoms with Gasteiger partial charge in [0.1, 0.15) is 17.4 Å². The molecule has 2 aromatic carbocycles. The van der Waals surface area contributed by atoms with Gasteiger partial charge in [0.25, 0.3) is 5.91 Å². The maximum Gasteiger partial charge on any atom is 0.261 e. The molecular formula is C27H26N6O3. The molecule has 3 heterocycles. The van der Waals surface area contributed by atoms with Crippen molar-refractivity contribution in [3.63, 3.8) is 0 Å². The van der Waals surface area contributed by atoms with Gasteiger partial charge in [-0.2, -0.15) is 5.26 Å². The van der Waals surface area contributed by atoms with E-state index >= 15 is 0 Å². The number of para-hydroxylation sites is 1. The highest BCUT2D eigenvalue weighted by Crippen LogP contribution is 2.33. The lowest BCUT2D eigenvalue weighted by atomic mass is 10.0. The summed E-state index contributed by atoms with van der Waals surface area (Å²) >= 11 is 0. The second-order valence-corrected chi connectivity index (χ2v) is 8.90. The number of nitrogens with zero attached hydrogens (tertiary/aromatic N) is 4. The number of aryl methyl sites for hydroxylation is 2. The van der Waals surface area contributed by atoms with E-state index in [1.165, 1.54) is 0 Å². The fourth-order valence-corrected chi connectivity index (χ4v) is 4.86. The number of aromatic nitrogens is 1. The number of carbonyl (C=O) groups is 2. The molecule has 0 saturated carbocycles. The smallest absolute Gasteiger partial charge is 0.261 e. The summed E-state index contributed by atoms with van der Waals surface area (Å²) in [5.41, 5.74) is 4.70. The molecular weight excluding hydrogens is 456 g/mol. The Labute approximate surface area is 209 Å². The average Bonchev–Trinajstić information content (AvgIpc) is 3.12. The zero-order valence-corrected chi connectivity index (χ0v) is 20.1. The SMILES string of the molecule is Cc1noc(C)c1C(=O)Nc1ccc(N2CCN(C3C=CC(=O)Nc4ccccc43)CC2)c(C#N)c1. The molecule has 182 valence electrons. The van der Waals surface area contributed by atoms with Crippen molar-refractivity contribution < 1.29 is 14.1 Å². The third kappa shape index (κ3) is 4.46. The number of nitrogens with one attached hydrogen (secondary N) is 2. The lowest BCUT2D eigenvalue weighted by Crippen LogP contribution is -2.47. The van der Waals surface area contributed by atoms with Gasteiger partial charge in [-0.1, -0.05) is 29.4 Å². The van der Waals surface area contributed by atoms with Gasteiger partial charge in [0, 0.05) is 43.6 Å². The van der Waals surface area contributed by atoms with Crippen LogP contribution < -0.4 is 15.5 Å². The molecule has 1 saturated heterocycles. The molecule has 2 amide bonds. The van der Waals surface area contributed by atoms with Crippen molar-refractivity contribution in [2.45, 2.75) is 19.9 Å². The van der Waals surface area contributed by atoms with Gasteiger partial charge in [-0.3, -0.25) is 14.5 Å². The minimum absolute atomic E-state index is 0.000324. The number of hydrogen-bond donors (Lipinski definition) is 2. The van der Waals surface area contributed by atoms with Gasteiger partial charge in [0.05, 0.1) is 23.0 Å². The van der Waals surface area contributed by atoms with Gasteiger partial charge in [-0.25, -0.2) is 0 Å². The van der Waals surface area contributed by atoms with E-state index in [9.17, 15) is 14.9 Å². The summed E-state index contributed by atoms with van der Waals surface area (Å²) in [6.45, 7) is 6.41. The number of amides is 2. The monoisotopic (exact) mass is 482 g/mol. The van der Waals surface area contributed by atoms with Gasteiger partial charge in [0.15, 0.2) is 0 Å². The first-order valence-electron chi connectivity index (χ1n) is 11.8. The maximum atomic E-state index is 12.7. The zero-order chi connectivity index (χ0) is 25.2. The van der Waals surface area contributed by atoms with Crippen LogP contribution in [0.15, 0.2) is 59.1 Å². The van der Waals surface area contributed by atoms with E-state index in [2.05, 4.69) is 31.7 Å². The van der Waals surface area contributed by atoms with Crippen molar-refractivity contribution in [2.24, 2.45) is 0 Å². The van der Waals surface area contributed by atoms with Crippen LogP contribution >= 0.6 is 0 Å². The Hall–Kier alpha value is -4.42. The highest BCUT2D eigenvalue weighted by molar-refractivity contribution is 6.05. The Bertz CT molecular complexity index is 1380. The number of rotatable bonds is 4. The first kappa shape index (κ1) is 23.3. The number of anilines is 3. The van der Waals surface area contributed by atoms with E-state index in [4.69, 9.17) is 4.52 Å². The van der Waals surface area contributed by atoms with Crippen molar-refractivity contribution in [3.8, 4) is 6.07 Å². The van der Waals surface area contributed by atoms with E-state index in [-0.39, 0.29) is 17.9 Å². The Balaban J connectivity index is 1.30. The molecule has 36 heavy (non-hydrogen) atoms. The standard InChI is InChI=1S/C27H26N6O3/c1-17-26(18(2)36-31-17)27(35)29-20-7-8-23(19(15-20)16-28)32-11-13-33(14-12-32)24-9-10-25(34)30-22-6-4-3-5-21(22)24/h3-10,15,24H,11-14H2,1-2H3,(H,29,35)(H,30,34). The second kappa shape index (κ2) is 9.68. The summed E-state index contributed by atoms with van der Waals surface area (Å²) in [6, 6.07) is 15.5. The van der Waals surface area contributed by atoms with Gasteiger partial charge >= 0.3 is 0 Å². The molecule has 2 N–H and O–H groups in total. The van der Waals surface area contributed by atoms with Crippen LogP contribution in [-0.2, 0) is 4.79 Å². The Morgan fingerprint density at radius 3 is 2.67 bits per heavy atom. The fraction of sp³-hybridized carbons (Fsp3) is 0.259. The van der Waals surface area contributed by atoms with Gasteiger partial charge in [-0.15, -0.1) is 0 Å². The van der Waals surface area contributed by atoms with E-state index < -0.39 is 0 Å². The predicted octanol–water partition coefficient (Wildman–Crippen LogP) is 3.79. The van der Waals surface area contributed by atoms with Crippen LogP contribution in [0.5, 0.6) is 0 Å². The molecule has 3 aromatic rings. The van der Waals surface area contributed by atoms with Crippen LogP contribution in [-0.4, -0.2) is 48.0 Å². The number of hydrogen-bond acceptors (Lipinski definition) is 7. The number of benzene rings is 2. The number of carbonyl (C=O) groups excluding carboxylic acids is 2. The number of piperazine rings is 1. The molecule has 1 atom stereocenters. The van der Waals surface area contributed by atoms with Crippen molar-refractivity contribution in [1.82, 2.24) is 10.1 Å². The molecule has 2 aliphatic heterocycles. The normalized spacial score (nSPS) is 17.6.